The number of ether oxygens (including phenoxy) is 1. The van der Waals surface area contributed by atoms with Gasteiger partial charge in [0.15, 0.2) is 5.82 Å². The Balaban J connectivity index is 2.21. The Morgan fingerprint density at radius 1 is 1.30 bits per heavy atom. The van der Waals surface area contributed by atoms with Crippen LogP contribution in [-0.2, 0) is 6.54 Å². The highest BCUT2D eigenvalue weighted by atomic mass is 16.5. The molecular formula is C15H20N4O. The molecule has 0 unspecified atom stereocenters. The van der Waals surface area contributed by atoms with Crippen molar-refractivity contribution in [2.45, 2.75) is 19.9 Å². The molecule has 0 atom stereocenters. The zero-order valence-electron chi connectivity index (χ0n) is 11.9. The lowest BCUT2D eigenvalue weighted by molar-refractivity contribution is 0.304. The number of benzene rings is 1. The van der Waals surface area contributed by atoms with Crippen LogP contribution < -0.4 is 15.4 Å². The molecule has 0 aliphatic heterocycles. The molecule has 20 heavy (non-hydrogen) atoms. The van der Waals surface area contributed by atoms with E-state index in [1.54, 1.807) is 12.4 Å². The SMILES string of the molecule is CCCOc1cncc(N(C)c2cccc(CN)c2)n1. The minimum atomic E-state index is 0.521. The molecule has 106 valence electrons. The Bertz CT molecular complexity index is 559. The summed E-state index contributed by atoms with van der Waals surface area (Å²) in [6, 6.07) is 8.05. The van der Waals surface area contributed by atoms with E-state index >= 15 is 0 Å². The van der Waals surface area contributed by atoms with Crippen molar-refractivity contribution in [3.63, 3.8) is 0 Å². The van der Waals surface area contributed by atoms with Gasteiger partial charge in [0.2, 0.25) is 5.88 Å². The van der Waals surface area contributed by atoms with Crippen LogP contribution in [0.2, 0.25) is 0 Å². The molecule has 2 rings (SSSR count). The third-order valence-electron chi connectivity index (χ3n) is 2.93. The number of hydrogen-bond acceptors (Lipinski definition) is 5. The van der Waals surface area contributed by atoms with Crippen molar-refractivity contribution in [2.75, 3.05) is 18.6 Å². The molecule has 1 aromatic carbocycles. The Hall–Kier alpha value is -2.14. The van der Waals surface area contributed by atoms with E-state index in [9.17, 15) is 0 Å². The lowest BCUT2D eigenvalue weighted by Gasteiger charge is -2.19. The first-order valence-electron chi connectivity index (χ1n) is 6.72. The molecule has 1 aromatic heterocycles. The standard InChI is InChI=1S/C15H20N4O/c1-3-7-20-15-11-17-10-14(18-15)19(2)13-6-4-5-12(8-13)9-16/h4-6,8,10-11H,3,7,9,16H2,1-2H3. The number of anilines is 2. The van der Waals surface area contributed by atoms with Gasteiger partial charge >= 0.3 is 0 Å². The van der Waals surface area contributed by atoms with Gasteiger partial charge in [0.05, 0.1) is 19.0 Å². The molecule has 0 saturated carbocycles. The maximum absolute atomic E-state index is 5.67. The second kappa shape index (κ2) is 6.86. The summed E-state index contributed by atoms with van der Waals surface area (Å²) >= 11 is 0. The minimum Gasteiger partial charge on any atom is -0.477 e. The van der Waals surface area contributed by atoms with Gasteiger partial charge in [-0.1, -0.05) is 19.1 Å². The van der Waals surface area contributed by atoms with Crippen molar-refractivity contribution in [3.8, 4) is 5.88 Å². The molecule has 0 bridgehead atoms. The summed E-state index contributed by atoms with van der Waals surface area (Å²) in [5.41, 5.74) is 7.78. The molecule has 5 nitrogen and oxygen atoms in total. The molecule has 5 heteroatoms. The van der Waals surface area contributed by atoms with Crippen LogP contribution in [0.3, 0.4) is 0 Å². The highest BCUT2D eigenvalue weighted by molar-refractivity contribution is 5.59. The van der Waals surface area contributed by atoms with E-state index in [1.807, 2.05) is 36.2 Å². The van der Waals surface area contributed by atoms with Crippen molar-refractivity contribution in [1.82, 2.24) is 9.97 Å². The van der Waals surface area contributed by atoms with Crippen LogP contribution in [0.1, 0.15) is 18.9 Å². The Morgan fingerprint density at radius 2 is 2.15 bits per heavy atom. The normalized spacial score (nSPS) is 10.3. The van der Waals surface area contributed by atoms with Crippen molar-refractivity contribution in [2.24, 2.45) is 5.73 Å². The van der Waals surface area contributed by atoms with Crippen molar-refractivity contribution >= 4 is 11.5 Å². The maximum atomic E-state index is 5.67. The third kappa shape index (κ3) is 3.45. The van der Waals surface area contributed by atoms with Crippen molar-refractivity contribution < 1.29 is 4.74 Å². The number of rotatable bonds is 6. The van der Waals surface area contributed by atoms with Crippen LogP contribution in [0.25, 0.3) is 0 Å². The van der Waals surface area contributed by atoms with Gasteiger partial charge in [-0.15, -0.1) is 0 Å². The Labute approximate surface area is 119 Å². The van der Waals surface area contributed by atoms with E-state index in [0.29, 0.717) is 19.0 Å². The fraction of sp³-hybridized carbons (Fsp3) is 0.333. The van der Waals surface area contributed by atoms with Gasteiger partial charge in [-0.3, -0.25) is 4.98 Å². The first kappa shape index (κ1) is 14.3. The van der Waals surface area contributed by atoms with Crippen molar-refractivity contribution in [1.29, 1.82) is 0 Å². The van der Waals surface area contributed by atoms with E-state index in [-0.39, 0.29) is 0 Å². The molecule has 1 heterocycles. The molecule has 2 N–H and O–H groups in total. The summed E-state index contributed by atoms with van der Waals surface area (Å²) in [5, 5.41) is 0. The predicted molar refractivity (Wildman–Crippen MR) is 80.2 cm³/mol. The summed E-state index contributed by atoms with van der Waals surface area (Å²) < 4.78 is 5.51. The van der Waals surface area contributed by atoms with Crippen LogP contribution in [0.15, 0.2) is 36.7 Å². The van der Waals surface area contributed by atoms with Gasteiger partial charge in [-0.25, -0.2) is 0 Å². The topological polar surface area (TPSA) is 64.3 Å². The molecular weight excluding hydrogens is 252 g/mol. The quantitative estimate of drug-likeness (QED) is 0.875. The maximum Gasteiger partial charge on any atom is 0.234 e. The zero-order chi connectivity index (χ0) is 14.4. The molecule has 0 aliphatic rings. The first-order valence-corrected chi connectivity index (χ1v) is 6.72. The smallest absolute Gasteiger partial charge is 0.234 e. The fourth-order valence-electron chi connectivity index (χ4n) is 1.80. The number of aromatic nitrogens is 2. The van der Waals surface area contributed by atoms with E-state index in [4.69, 9.17) is 10.5 Å². The van der Waals surface area contributed by atoms with Crippen LogP contribution in [0.5, 0.6) is 5.88 Å². The second-order valence-electron chi connectivity index (χ2n) is 4.50. The van der Waals surface area contributed by atoms with Crippen LogP contribution in [0.4, 0.5) is 11.5 Å². The summed E-state index contributed by atoms with van der Waals surface area (Å²) in [7, 11) is 1.95. The number of nitrogens with zero attached hydrogens (tertiary/aromatic N) is 3. The summed E-state index contributed by atoms with van der Waals surface area (Å²) in [5.74, 6) is 1.29. The number of hydrogen-bond donors (Lipinski definition) is 1. The van der Waals surface area contributed by atoms with Gasteiger partial charge in [0, 0.05) is 19.3 Å². The van der Waals surface area contributed by atoms with E-state index in [1.165, 1.54) is 0 Å². The Kier molecular flexibility index (Phi) is 4.90. The molecule has 0 amide bonds. The average molecular weight is 272 g/mol. The highest BCUT2D eigenvalue weighted by Crippen LogP contribution is 2.23. The van der Waals surface area contributed by atoms with Gasteiger partial charge < -0.3 is 15.4 Å². The van der Waals surface area contributed by atoms with Gasteiger partial charge in [-0.05, 0) is 24.1 Å². The molecule has 0 spiro atoms. The second-order valence-corrected chi connectivity index (χ2v) is 4.50. The fourth-order valence-corrected chi connectivity index (χ4v) is 1.80. The summed E-state index contributed by atoms with van der Waals surface area (Å²) in [4.78, 5) is 10.6. The Morgan fingerprint density at radius 3 is 2.90 bits per heavy atom. The molecule has 0 radical (unpaired) electrons. The minimum absolute atomic E-state index is 0.521. The molecule has 0 fully saturated rings. The summed E-state index contributed by atoms with van der Waals surface area (Å²) in [6.07, 6.45) is 4.29. The number of nitrogens with two attached hydrogens (primary N) is 1. The first-order chi connectivity index (χ1) is 9.74. The largest absolute Gasteiger partial charge is 0.477 e. The zero-order valence-corrected chi connectivity index (χ0v) is 11.9. The van der Waals surface area contributed by atoms with Crippen LogP contribution in [-0.4, -0.2) is 23.6 Å². The van der Waals surface area contributed by atoms with E-state index in [0.717, 1.165) is 23.5 Å². The molecule has 0 saturated heterocycles. The van der Waals surface area contributed by atoms with Crippen molar-refractivity contribution in [3.05, 3.63) is 42.2 Å². The van der Waals surface area contributed by atoms with E-state index in [2.05, 4.69) is 16.9 Å². The third-order valence-corrected chi connectivity index (χ3v) is 2.93. The molecule has 0 aliphatic carbocycles. The van der Waals surface area contributed by atoms with E-state index < -0.39 is 0 Å². The van der Waals surface area contributed by atoms with Crippen LogP contribution >= 0.6 is 0 Å². The van der Waals surface area contributed by atoms with Gasteiger partial charge in [0.1, 0.15) is 0 Å². The lowest BCUT2D eigenvalue weighted by Crippen LogP contribution is -2.13. The monoisotopic (exact) mass is 272 g/mol. The highest BCUT2D eigenvalue weighted by Gasteiger charge is 2.08. The van der Waals surface area contributed by atoms with Gasteiger partial charge in [-0.2, -0.15) is 4.98 Å². The summed E-state index contributed by atoms with van der Waals surface area (Å²) in [6.45, 7) is 3.22. The predicted octanol–water partition coefficient (Wildman–Crippen LogP) is 2.49. The van der Waals surface area contributed by atoms with Gasteiger partial charge in [0.25, 0.3) is 0 Å². The lowest BCUT2D eigenvalue weighted by atomic mass is 10.2. The average Bonchev–Trinajstić information content (AvgIpc) is 2.52. The molecule has 2 aromatic rings. The van der Waals surface area contributed by atoms with Crippen LogP contribution in [0, 0.1) is 0 Å².